The third-order valence-electron chi connectivity index (χ3n) is 0.737. The Morgan fingerprint density at radius 3 is 2.78 bits per heavy atom. The molecule has 0 spiro atoms. The molecule has 0 aliphatic carbocycles. The van der Waals surface area contributed by atoms with Crippen molar-refractivity contribution < 1.29 is 9.16 Å². The molecule has 0 atom stereocenters. The van der Waals surface area contributed by atoms with E-state index in [0.29, 0.717) is 11.3 Å². The van der Waals surface area contributed by atoms with Crippen molar-refractivity contribution in [3.8, 4) is 0 Å². The molecule has 0 aliphatic rings. The molecule has 0 rings (SSSR count). The van der Waals surface area contributed by atoms with Crippen molar-refractivity contribution >= 4 is 27.0 Å². The summed E-state index contributed by atoms with van der Waals surface area (Å²) in [5, 5.41) is 0.613. The lowest BCUT2D eigenvalue weighted by molar-refractivity contribution is 0.311. The first-order valence-electron chi connectivity index (χ1n) is 2.98. The summed E-state index contributed by atoms with van der Waals surface area (Å²) in [4.78, 5) is 0. The van der Waals surface area contributed by atoms with Crippen molar-refractivity contribution in [2.24, 2.45) is 0 Å². The summed E-state index contributed by atoms with van der Waals surface area (Å²) in [6.45, 7) is 4.55. The quantitative estimate of drug-likeness (QED) is 0.341. The molecule has 0 bridgehead atoms. The van der Waals surface area contributed by atoms with Gasteiger partial charge in [-0.1, -0.05) is 0 Å². The Bertz CT molecular complexity index is 87.0. The average Bonchev–Trinajstić information content (AvgIpc) is 1.80. The molecule has 0 radical (unpaired) electrons. The maximum absolute atomic E-state index is 5.14. The lowest BCUT2D eigenvalue weighted by atomic mass is 10.9. The van der Waals surface area contributed by atoms with Crippen molar-refractivity contribution in [1.82, 2.24) is 0 Å². The second-order valence-corrected chi connectivity index (χ2v) is 3.34. The number of ether oxygens (including phenoxy) is 1. The third kappa shape index (κ3) is 8.07. The van der Waals surface area contributed by atoms with E-state index < -0.39 is 9.76 Å². The highest BCUT2D eigenvalue weighted by Crippen LogP contribution is 1.78. The smallest absolute Gasteiger partial charge is 0.201 e. The van der Waals surface area contributed by atoms with Gasteiger partial charge in [-0.25, -0.2) is 0 Å². The number of thiocarbonyl (C=S) groups is 1. The molecule has 0 N–H and O–H groups in total. The number of hydrogen-bond acceptors (Lipinski definition) is 3. The van der Waals surface area contributed by atoms with Crippen LogP contribution in [0.1, 0.15) is 13.8 Å². The van der Waals surface area contributed by atoms with Gasteiger partial charge in [-0.3, -0.25) is 0 Å². The number of hydrogen-bond donors (Lipinski definition) is 0. The van der Waals surface area contributed by atoms with E-state index in [2.05, 4.69) is 12.2 Å². The summed E-state index contributed by atoms with van der Waals surface area (Å²) in [7, 11) is -0.441. The van der Waals surface area contributed by atoms with Crippen LogP contribution in [-0.4, -0.2) is 27.7 Å². The van der Waals surface area contributed by atoms with Crippen molar-refractivity contribution in [1.29, 1.82) is 0 Å². The maximum atomic E-state index is 5.14. The third-order valence-corrected chi connectivity index (χ3v) is 1.92. The fourth-order valence-electron chi connectivity index (χ4n) is 0.389. The monoisotopic (exact) mass is 164 g/mol. The molecular formula is C5H12O2SSi. The SMILES string of the molecule is CCO[SiH2]COC(C)=S. The van der Waals surface area contributed by atoms with Gasteiger partial charge in [-0.15, -0.1) is 0 Å². The van der Waals surface area contributed by atoms with Crippen LogP contribution in [0.4, 0.5) is 0 Å². The van der Waals surface area contributed by atoms with Crippen LogP contribution >= 0.6 is 12.2 Å². The zero-order valence-electron chi connectivity index (χ0n) is 5.85. The van der Waals surface area contributed by atoms with E-state index in [-0.39, 0.29) is 0 Å². The molecule has 0 aromatic carbocycles. The van der Waals surface area contributed by atoms with Gasteiger partial charge in [-0.2, -0.15) is 0 Å². The molecule has 0 fully saturated rings. The van der Waals surface area contributed by atoms with E-state index in [4.69, 9.17) is 9.16 Å². The molecule has 0 amide bonds. The van der Waals surface area contributed by atoms with Crippen LogP contribution in [-0.2, 0) is 9.16 Å². The van der Waals surface area contributed by atoms with Crippen molar-refractivity contribution in [3.63, 3.8) is 0 Å². The highest BCUT2D eigenvalue weighted by atomic mass is 32.1. The molecule has 2 nitrogen and oxygen atoms in total. The number of rotatable bonds is 4. The Kier molecular flexibility index (Phi) is 6.24. The summed E-state index contributed by atoms with van der Waals surface area (Å²) in [5.74, 6) is 0. The Balaban J connectivity index is 2.83. The minimum Gasteiger partial charge on any atom is -0.489 e. The molecular weight excluding hydrogens is 152 g/mol. The zero-order valence-corrected chi connectivity index (χ0v) is 8.08. The van der Waals surface area contributed by atoms with Gasteiger partial charge >= 0.3 is 0 Å². The molecule has 0 saturated heterocycles. The summed E-state index contributed by atoms with van der Waals surface area (Å²) in [6.07, 6.45) is 0.711. The maximum Gasteiger partial charge on any atom is 0.201 e. The van der Waals surface area contributed by atoms with Crippen LogP contribution in [0.3, 0.4) is 0 Å². The summed E-state index contributed by atoms with van der Waals surface area (Å²) in [6, 6.07) is 0. The largest absolute Gasteiger partial charge is 0.489 e. The van der Waals surface area contributed by atoms with Crippen molar-refractivity contribution in [2.75, 3.05) is 12.8 Å². The minimum atomic E-state index is -0.441. The highest BCUT2D eigenvalue weighted by molar-refractivity contribution is 7.80. The van der Waals surface area contributed by atoms with Gasteiger partial charge in [0.25, 0.3) is 0 Å². The fraction of sp³-hybridized carbons (Fsp3) is 0.800. The first-order valence-corrected chi connectivity index (χ1v) is 4.97. The van der Waals surface area contributed by atoms with E-state index >= 15 is 0 Å². The molecule has 0 aliphatic heterocycles. The van der Waals surface area contributed by atoms with Crippen LogP contribution in [0.15, 0.2) is 0 Å². The molecule has 9 heavy (non-hydrogen) atoms. The predicted molar refractivity (Wildman–Crippen MR) is 44.4 cm³/mol. The Hall–Kier alpha value is 0.0669. The van der Waals surface area contributed by atoms with E-state index in [1.54, 1.807) is 6.92 Å². The van der Waals surface area contributed by atoms with E-state index in [1.165, 1.54) is 0 Å². The summed E-state index contributed by atoms with van der Waals surface area (Å²) < 4.78 is 10.2. The van der Waals surface area contributed by atoms with Gasteiger partial charge in [0, 0.05) is 13.5 Å². The summed E-state index contributed by atoms with van der Waals surface area (Å²) in [5.41, 5.74) is 0. The lowest BCUT2D eigenvalue weighted by Crippen LogP contribution is -2.09. The summed E-state index contributed by atoms with van der Waals surface area (Å²) >= 11 is 4.69. The van der Waals surface area contributed by atoms with E-state index in [9.17, 15) is 0 Å². The predicted octanol–water partition coefficient (Wildman–Crippen LogP) is 0.428. The van der Waals surface area contributed by atoms with Crippen LogP contribution in [0.2, 0.25) is 0 Å². The molecule has 0 saturated carbocycles. The molecule has 0 aromatic rings. The van der Waals surface area contributed by atoms with Crippen LogP contribution in [0.25, 0.3) is 0 Å². The van der Waals surface area contributed by atoms with Crippen molar-refractivity contribution in [2.45, 2.75) is 13.8 Å². The Morgan fingerprint density at radius 2 is 2.33 bits per heavy atom. The van der Waals surface area contributed by atoms with Crippen LogP contribution in [0.5, 0.6) is 0 Å². The molecule has 4 heteroatoms. The standard InChI is InChI=1S/C5H12O2SSi/c1-3-7-9-4-6-5(2)8/h3-4,9H2,1-2H3. The van der Waals surface area contributed by atoms with Gasteiger partial charge < -0.3 is 9.16 Å². The van der Waals surface area contributed by atoms with Gasteiger partial charge in [0.1, 0.15) is 0 Å². The second-order valence-electron chi connectivity index (χ2n) is 1.54. The van der Waals surface area contributed by atoms with Crippen LogP contribution in [0, 0.1) is 0 Å². The van der Waals surface area contributed by atoms with E-state index in [0.717, 1.165) is 6.61 Å². The first kappa shape index (κ1) is 9.07. The van der Waals surface area contributed by atoms with Crippen molar-refractivity contribution in [3.05, 3.63) is 0 Å². The average molecular weight is 164 g/mol. The Morgan fingerprint density at radius 1 is 1.67 bits per heavy atom. The molecule has 0 unspecified atom stereocenters. The highest BCUT2D eigenvalue weighted by Gasteiger charge is 1.88. The molecule has 0 heterocycles. The van der Waals surface area contributed by atoms with E-state index in [1.807, 2.05) is 6.92 Å². The normalized spacial score (nSPS) is 10.4. The van der Waals surface area contributed by atoms with Gasteiger partial charge in [0.15, 0.2) is 5.05 Å². The minimum absolute atomic E-state index is 0.441. The second kappa shape index (κ2) is 6.19. The van der Waals surface area contributed by atoms with Gasteiger partial charge in [-0.05, 0) is 19.1 Å². The van der Waals surface area contributed by atoms with Crippen LogP contribution < -0.4 is 0 Å². The topological polar surface area (TPSA) is 18.5 Å². The Labute approximate surface area is 63.5 Å². The van der Waals surface area contributed by atoms with Gasteiger partial charge in [0.2, 0.25) is 9.76 Å². The fourth-order valence-corrected chi connectivity index (χ4v) is 1.42. The zero-order chi connectivity index (χ0) is 7.11. The molecule has 0 aromatic heterocycles. The molecule has 54 valence electrons. The van der Waals surface area contributed by atoms with Gasteiger partial charge in [0.05, 0.1) is 6.23 Å². The lowest BCUT2D eigenvalue weighted by Gasteiger charge is -2.01. The first-order chi connectivity index (χ1) is 4.27.